The maximum atomic E-state index is 13.2. The number of carbonyl (C=O) groups is 2. The number of benzene rings is 3. The Kier molecular flexibility index (Phi) is 5.90. The molecule has 1 saturated heterocycles. The molecule has 1 N–H and O–H groups in total. The van der Waals surface area contributed by atoms with Crippen LogP contribution in [0.25, 0.3) is 5.76 Å². The van der Waals surface area contributed by atoms with Crippen molar-refractivity contribution in [3.05, 3.63) is 106 Å². The molecule has 1 heterocycles. The van der Waals surface area contributed by atoms with Gasteiger partial charge in [0, 0.05) is 16.3 Å². The third-order valence-corrected chi connectivity index (χ3v) is 6.25. The highest BCUT2D eigenvalue weighted by molar-refractivity contribution is 6.51. The predicted molar refractivity (Wildman–Crippen MR) is 128 cm³/mol. The normalized spacial score (nSPS) is 17.9. The van der Waals surface area contributed by atoms with Crippen LogP contribution in [0.15, 0.2) is 78.4 Å². The van der Waals surface area contributed by atoms with Crippen molar-refractivity contribution in [1.82, 2.24) is 0 Å². The first kappa shape index (κ1) is 21.8. The molecule has 1 unspecified atom stereocenters. The molecule has 1 atom stereocenters. The Bertz CT molecular complexity index is 1210. The number of carbonyl (C=O) groups excluding carboxylic acids is 2. The maximum absolute atomic E-state index is 13.2. The smallest absolute Gasteiger partial charge is 0.300 e. The Morgan fingerprint density at radius 3 is 2.22 bits per heavy atom. The van der Waals surface area contributed by atoms with Gasteiger partial charge in [-0.3, -0.25) is 14.5 Å². The number of rotatable bonds is 4. The second kappa shape index (κ2) is 8.64. The number of anilines is 1. The molecule has 3 aromatic carbocycles. The van der Waals surface area contributed by atoms with E-state index in [0.717, 1.165) is 16.7 Å². The van der Waals surface area contributed by atoms with Crippen LogP contribution in [-0.4, -0.2) is 16.8 Å². The number of ketones is 1. The fraction of sp³-hybridized carbons (Fsp3) is 0.185. The fourth-order valence-corrected chi connectivity index (χ4v) is 4.14. The Labute approximate surface area is 192 Å². The number of aliphatic hydroxyl groups excluding tert-OH is 1. The van der Waals surface area contributed by atoms with Crippen molar-refractivity contribution < 1.29 is 14.7 Å². The second-order valence-electron chi connectivity index (χ2n) is 8.29. The van der Waals surface area contributed by atoms with Crippen LogP contribution >= 0.6 is 11.6 Å². The van der Waals surface area contributed by atoms with Gasteiger partial charge in [-0.25, -0.2) is 0 Å². The molecule has 1 aliphatic heterocycles. The largest absolute Gasteiger partial charge is 0.507 e. The zero-order valence-corrected chi connectivity index (χ0v) is 18.9. The van der Waals surface area contributed by atoms with E-state index in [1.165, 1.54) is 4.90 Å². The second-order valence-corrected chi connectivity index (χ2v) is 8.70. The Hall–Kier alpha value is -3.37. The first-order valence-electron chi connectivity index (χ1n) is 10.5. The van der Waals surface area contributed by atoms with Gasteiger partial charge in [-0.1, -0.05) is 86.1 Å². The summed E-state index contributed by atoms with van der Waals surface area (Å²) in [5.41, 5.74) is 3.81. The van der Waals surface area contributed by atoms with Crippen LogP contribution in [0, 0.1) is 6.92 Å². The summed E-state index contributed by atoms with van der Waals surface area (Å²) in [7, 11) is 0. The molecule has 0 spiro atoms. The maximum Gasteiger partial charge on any atom is 0.300 e. The molecule has 0 bridgehead atoms. The van der Waals surface area contributed by atoms with Gasteiger partial charge in [0.25, 0.3) is 11.7 Å². The van der Waals surface area contributed by atoms with Crippen LogP contribution in [0.3, 0.4) is 0 Å². The lowest BCUT2D eigenvalue weighted by Gasteiger charge is -2.26. The summed E-state index contributed by atoms with van der Waals surface area (Å²) in [6, 6.07) is 21.1. The molecule has 4 nitrogen and oxygen atoms in total. The molecule has 0 radical (unpaired) electrons. The van der Waals surface area contributed by atoms with Crippen LogP contribution in [-0.2, 0) is 9.59 Å². The number of Topliss-reactive ketones (excluding diaryl/α,β-unsaturated/α-hetero) is 1. The molecule has 32 heavy (non-hydrogen) atoms. The molecule has 5 heteroatoms. The number of hydrogen-bond acceptors (Lipinski definition) is 3. The molecule has 0 aromatic heterocycles. The molecule has 162 valence electrons. The van der Waals surface area contributed by atoms with Crippen LogP contribution in [0.5, 0.6) is 0 Å². The van der Waals surface area contributed by atoms with Crippen molar-refractivity contribution >= 4 is 34.7 Å². The predicted octanol–water partition coefficient (Wildman–Crippen LogP) is 6.40. The molecule has 1 aliphatic rings. The molecule has 3 aromatic rings. The minimum Gasteiger partial charge on any atom is -0.507 e. The third-order valence-electron chi connectivity index (χ3n) is 5.84. The number of halogens is 1. The van der Waals surface area contributed by atoms with Crippen LogP contribution < -0.4 is 4.90 Å². The molecule has 1 amide bonds. The van der Waals surface area contributed by atoms with E-state index in [-0.39, 0.29) is 11.3 Å². The highest BCUT2D eigenvalue weighted by Gasteiger charge is 2.47. The number of aryl methyl sites for hydroxylation is 1. The Morgan fingerprint density at radius 1 is 0.969 bits per heavy atom. The highest BCUT2D eigenvalue weighted by atomic mass is 35.5. The third kappa shape index (κ3) is 3.82. The lowest BCUT2D eigenvalue weighted by molar-refractivity contribution is -0.132. The first-order valence-corrected chi connectivity index (χ1v) is 10.9. The molecule has 1 fully saturated rings. The van der Waals surface area contributed by atoms with Crippen molar-refractivity contribution in [2.75, 3.05) is 4.90 Å². The SMILES string of the molecule is Cc1ccc(N2C(=O)C(=O)/C(=C(/O)c3ccccc3)C2c2ccc(C(C)C)cc2)cc1Cl. The van der Waals surface area contributed by atoms with Gasteiger partial charge >= 0.3 is 0 Å². The molecule has 4 rings (SSSR count). The van der Waals surface area contributed by atoms with Gasteiger partial charge in [0.1, 0.15) is 5.76 Å². The lowest BCUT2D eigenvalue weighted by atomic mass is 9.93. The highest BCUT2D eigenvalue weighted by Crippen LogP contribution is 2.43. The van der Waals surface area contributed by atoms with Gasteiger partial charge in [0.15, 0.2) is 0 Å². The van der Waals surface area contributed by atoms with E-state index in [2.05, 4.69) is 13.8 Å². The average Bonchev–Trinajstić information content (AvgIpc) is 3.06. The van der Waals surface area contributed by atoms with E-state index in [1.807, 2.05) is 43.3 Å². The number of nitrogens with zero attached hydrogens (tertiary/aromatic N) is 1. The number of aliphatic hydroxyl groups is 1. The fourth-order valence-electron chi connectivity index (χ4n) is 3.96. The van der Waals surface area contributed by atoms with E-state index in [0.29, 0.717) is 22.2 Å². The molecule has 0 saturated carbocycles. The summed E-state index contributed by atoms with van der Waals surface area (Å²) in [4.78, 5) is 27.8. The summed E-state index contributed by atoms with van der Waals surface area (Å²) in [6.07, 6.45) is 0. The summed E-state index contributed by atoms with van der Waals surface area (Å²) < 4.78 is 0. The topological polar surface area (TPSA) is 57.6 Å². The summed E-state index contributed by atoms with van der Waals surface area (Å²) in [6.45, 7) is 6.08. The summed E-state index contributed by atoms with van der Waals surface area (Å²) in [5.74, 6) is -1.26. The van der Waals surface area contributed by atoms with Gasteiger partial charge in [-0.05, 0) is 41.7 Å². The number of hydrogen-bond donors (Lipinski definition) is 1. The van der Waals surface area contributed by atoms with Crippen LogP contribution in [0.4, 0.5) is 5.69 Å². The first-order chi connectivity index (χ1) is 15.3. The van der Waals surface area contributed by atoms with E-state index in [1.54, 1.807) is 36.4 Å². The minimum absolute atomic E-state index is 0.0650. The van der Waals surface area contributed by atoms with Crippen molar-refractivity contribution in [2.45, 2.75) is 32.7 Å². The summed E-state index contributed by atoms with van der Waals surface area (Å²) in [5, 5.41) is 11.6. The molecular formula is C27H24ClNO3. The monoisotopic (exact) mass is 445 g/mol. The molecular weight excluding hydrogens is 422 g/mol. The van der Waals surface area contributed by atoms with E-state index < -0.39 is 17.7 Å². The van der Waals surface area contributed by atoms with Gasteiger partial charge in [0.2, 0.25) is 0 Å². The standard InChI is InChI=1S/C27H24ClNO3/c1-16(2)18-10-12-19(13-11-18)24-23(25(30)20-7-5-4-6-8-20)26(31)27(32)29(24)21-14-9-17(3)22(28)15-21/h4-16,24,30H,1-3H3/b25-23+. The van der Waals surface area contributed by atoms with Gasteiger partial charge in [-0.2, -0.15) is 0 Å². The number of amides is 1. The van der Waals surface area contributed by atoms with E-state index >= 15 is 0 Å². The Morgan fingerprint density at radius 2 is 1.62 bits per heavy atom. The van der Waals surface area contributed by atoms with Gasteiger partial charge in [0.05, 0.1) is 11.6 Å². The average molecular weight is 446 g/mol. The van der Waals surface area contributed by atoms with Crippen molar-refractivity contribution in [2.24, 2.45) is 0 Å². The lowest BCUT2D eigenvalue weighted by Crippen LogP contribution is -2.29. The Balaban J connectivity index is 1.93. The van der Waals surface area contributed by atoms with Crippen molar-refractivity contribution in [1.29, 1.82) is 0 Å². The van der Waals surface area contributed by atoms with Gasteiger partial charge < -0.3 is 5.11 Å². The quantitative estimate of drug-likeness (QED) is 0.287. The van der Waals surface area contributed by atoms with E-state index in [9.17, 15) is 14.7 Å². The zero-order chi connectivity index (χ0) is 23.0. The minimum atomic E-state index is -0.768. The summed E-state index contributed by atoms with van der Waals surface area (Å²) >= 11 is 6.34. The van der Waals surface area contributed by atoms with Crippen LogP contribution in [0.2, 0.25) is 5.02 Å². The zero-order valence-electron chi connectivity index (χ0n) is 18.2. The van der Waals surface area contributed by atoms with Crippen LogP contribution in [0.1, 0.15) is 48.1 Å². The van der Waals surface area contributed by atoms with Crippen molar-refractivity contribution in [3.8, 4) is 0 Å². The van der Waals surface area contributed by atoms with Gasteiger partial charge in [-0.15, -0.1) is 0 Å². The van der Waals surface area contributed by atoms with E-state index in [4.69, 9.17) is 11.6 Å². The molecule has 0 aliphatic carbocycles. The van der Waals surface area contributed by atoms with Crippen molar-refractivity contribution in [3.63, 3.8) is 0 Å².